The average molecular weight is 362 g/mol. The largest absolute Gasteiger partial charge is 0.465 e. The number of sulfonamides is 1. The van der Waals surface area contributed by atoms with Gasteiger partial charge in [0.2, 0.25) is 0 Å². The number of hydrogen-bond donors (Lipinski definition) is 1. The lowest BCUT2D eigenvalue weighted by Crippen LogP contribution is -2.16. The third-order valence-electron chi connectivity index (χ3n) is 2.85. The molecule has 122 valence electrons. The van der Waals surface area contributed by atoms with Crippen molar-refractivity contribution in [2.75, 3.05) is 11.8 Å². The Balaban J connectivity index is 2.46. The van der Waals surface area contributed by atoms with E-state index in [2.05, 4.69) is 4.74 Å². The second-order valence-corrected chi connectivity index (χ2v) is 6.42. The van der Waals surface area contributed by atoms with Crippen LogP contribution in [0.2, 0.25) is 5.02 Å². The summed E-state index contributed by atoms with van der Waals surface area (Å²) in [5.41, 5.74) is -1.01. The molecule has 0 radical (unpaired) electrons. The standard InChI is InChI=1S/C14H10ClF2NO4S/c1-22-14(19)9-7-8(5-6-10(9)15)23(20,21)18-13-11(16)3-2-4-12(13)17/h2-7,18H,1H3. The van der Waals surface area contributed by atoms with Gasteiger partial charge < -0.3 is 4.74 Å². The van der Waals surface area contributed by atoms with Crippen molar-refractivity contribution in [3.05, 3.63) is 58.6 Å². The number of rotatable bonds is 4. The number of methoxy groups -OCH3 is 1. The van der Waals surface area contributed by atoms with E-state index < -0.39 is 38.2 Å². The topological polar surface area (TPSA) is 72.5 Å². The Bertz CT molecular complexity index is 851. The normalized spacial score (nSPS) is 11.1. The van der Waals surface area contributed by atoms with Gasteiger partial charge in [0, 0.05) is 0 Å². The van der Waals surface area contributed by atoms with Gasteiger partial charge in [-0.1, -0.05) is 17.7 Å². The van der Waals surface area contributed by atoms with Crippen LogP contribution in [-0.2, 0) is 14.8 Å². The molecule has 0 atom stereocenters. The number of hydrogen-bond acceptors (Lipinski definition) is 4. The number of ether oxygens (including phenoxy) is 1. The molecule has 0 heterocycles. The molecule has 23 heavy (non-hydrogen) atoms. The second kappa shape index (κ2) is 6.51. The van der Waals surface area contributed by atoms with E-state index >= 15 is 0 Å². The molecule has 0 unspecified atom stereocenters. The fourth-order valence-electron chi connectivity index (χ4n) is 1.73. The van der Waals surface area contributed by atoms with Gasteiger partial charge in [0.05, 0.1) is 22.6 Å². The minimum absolute atomic E-state index is 0.0205. The van der Waals surface area contributed by atoms with Gasteiger partial charge in [-0.05, 0) is 30.3 Å². The number of halogens is 3. The summed E-state index contributed by atoms with van der Waals surface area (Å²) in [6, 6.07) is 6.12. The molecule has 0 aliphatic rings. The molecule has 1 N–H and O–H groups in total. The van der Waals surface area contributed by atoms with Crippen LogP contribution in [0.4, 0.5) is 14.5 Å². The molecule has 0 aromatic heterocycles. The first-order valence-electron chi connectivity index (χ1n) is 6.11. The maximum Gasteiger partial charge on any atom is 0.339 e. The van der Waals surface area contributed by atoms with Gasteiger partial charge in [-0.2, -0.15) is 0 Å². The summed E-state index contributed by atoms with van der Waals surface area (Å²) in [4.78, 5) is 11.1. The van der Waals surface area contributed by atoms with Crippen LogP contribution in [0.5, 0.6) is 0 Å². The van der Waals surface area contributed by atoms with Gasteiger partial charge in [-0.15, -0.1) is 0 Å². The summed E-state index contributed by atoms with van der Waals surface area (Å²) < 4.78 is 57.9. The summed E-state index contributed by atoms with van der Waals surface area (Å²) in [7, 11) is -3.23. The molecule has 0 spiro atoms. The zero-order valence-corrected chi connectivity index (χ0v) is 13.2. The summed E-state index contributed by atoms with van der Waals surface area (Å²) in [5.74, 6) is -2.99. The zero-order chi connectivity index (χ0) is 17.2. The van der Waals surface area contributed by atoms with Crippen molar-refractivity contribution in [1.29, 1.82) is 0 Å². The first-order chi connectivity index (χ1) is 10.8. The van der Waals surface area contributed by atoms with Gasteiger partial charge in [-0.25, -0.2) is 22.0 Å². The lowest BCUT2D eigenvalue weighted by atomic mass is 10.2. The highest BCUT2D eigenvalue weighted by atomic mass is 35.5. The molecule has 0 bridgehead atoms. The summed E-state index contributed by atoms with van der Waals surface area (Å²) >= 11 is 5.79. The SMILES string of the molecule is COC(=O)c1cc(S(=O)(=O)Nc2c(F)cccc2F)ccc1Cl. The van der Waals surface area contributed by atoms with Crippen molar-refractivity contribution in [3.63, 3.8) is 0 Å². The van der Waals surface area contributed by atoms with E-state index in [1.807, 2.05) is 0 Å². The molecular weight excluding hydrogens is 352 g/mol. The van der Waals surface area contributed by atoms with E-state index in [0.29, 0.717) is 0 Å². The van der Waals surface area contributed by atoms with E-state index in [-0.39, 0.29) is 10.6 Å². The number of esters is 1. The van der Waals surface area contributed by atoms with Crippen molar-refractivity contribution < 1.29 is 26.7 Å². The second-order valence-electron chi connectivity index (χ2n) is 4.34. The Labute approximate surface area is 135 Å². The quantitative estimate of drug-likeness (QED) is 0.849. The Morgan fingerprint density at radius 3 is 2.35 bits per heavy atom. The van der Waals surface area contributed by atoms with Gasteiger partial charge in [0.15, 0.2) is 0 Å². The van der Waals surface area contributed by atoms with Gasteiger partial charge in [0.1, 0.15) is 17.3 Å². The molecular formula is C14H10ClF2NO4S. The summed E-state index contributed by atoms with van der Waals surface area (Å²) in [6.45, 7) is 0. The predicted molar refractivity (Wildman–Crippen MR) is 80.0 cm³/mol. The minimum atomic E-state index is -4.34. The number of carbonyl (C=O) groups excluding carboxylic acids is 1. The summed E-state index contributed by atoms with van der Waals surface area (Å²) in [5, 5.41) is -0.0205. The average Bonchev–Trinajstić information content (AvgIpc) is 2.50. The number of nitrogens with one attached hydrogen (secondary N) is 1. The molecule has 0 saturated carbocycles. The molecule has 2 aromatic rings. The van der Waals surface area contributed by atoms with E-state index in [0.717, 1.165) is 37.4 Å². The fraction of sp³-hybridized carbons (Fsp3) is 0.0714. The van der Waals surface area contributed by atoms with Gasteiger partial charge in [0.25, 0.3) is 10.0 Å². The Morgan fingerprint density at radius 2 is 1.78 bits per heavy atom. The first kappa shape index (κ1) is 17.2. The van der Waals surface area contributed by atoms with E-state index in [9.17, 15) is 22.0 Å². The van der Waals surface area contributed by atoms with Gasteiger partial charge in [-0.3, -0.25) is 4.72 Å². The highest BCUT2D eigenvalue weighted by Gasteiger charge is 2.22. The lowest BCUT2D eigenvalue weighted by molar-refractivity contribution is 0.0600. The molecule has 5 nitrogen and oxygen atoms in total. The van der Waals surface area contributed by atoms with E-state index in [1.165, 1.54) is 6.07 Å². The molecule has 0 aliphatic heterocycles. The molecule has 2 rings (SSSR count). The monoisotopic (exact) mass is 361 g/mol. The van der Waals surface area contributed by atoms with Crippen molar-refractivity contribution >= 4 is 33.3 Å². The van der Waals surface area contributed by atoms with Crippen LogP contribution in [0, 0.1) is 11.6 Å². The van der Waals surface area contributed by atoms with Crippen LogP contribution < -0.4 is 4.72 Å². The molecule has 0 aliphatic carbocycles. The third-order valence-corrected chi connectivity index (χ3v) is 4.53. The number of para-hydroxylation sites is 1. The van der Waals surface area contributed by atoms with Crippen LogP contribution >= 0.6 is 11.6 Å². The molecule has 0 fully saturated rings. The van der Waals surface area contributed by atoms with Gasteiger partial charge >= 0.3 is 5.97 Å². The Hall–Kier alpha value is -2.19. The number of carbonyl (C=O) groups is 1. The van der Waals surface area contributed by atoms with E-state index in [1.54, 1.807) is 4.72 Å². The zero-order valence-electron chi connectivity index (χ0n) is 11.6. The Kier molecular flexibility index (Phi) is 4.86. The molecule has 0 saturated heterocycles. The predicted octanol–water partition coefficient (Wildman–Crippen LogP) is 3.21. The lowest BCUT2D eigenvalue weighted by Gasteiger charge is -2.11. The van der Waals surface area contributed by atoms with Crippen LogP contribution in [0.1, 0.15) is 10.4 Å². The van der Waals surface area contributed by atoms with Crippen LogP contribution in [0.3, 0.4) is 0 Å². The smallest absolute Gasteiger partial charge is 0.339 e. The van der Waals surface area contributed by atoms with Crippen molar-refractivity contribution in [2.45, 2.75) is 4.90 Å². The first-order valence-corrected chi connectivity index (χ1v) is 7.97. The highest BCUT2D eigenvalue weighted by molar-refractivity contribution is 7.92. The highest BCUT2D eigenvalue weighted by Crippen LogP contribution is 2.25. The van der Waals surface area contributed by atoms with Crippen LogP contribution in [-0.4, -0.2) is 21.5 Å². The molecule has 0 amide bonds. The summed E-state index contributed by atoms with van der Waals surface area (Å²) in [6.07, 6.45) is 0. The van der Waals surface area contributed by atoms with Crippen LogP contribution in [0.15, 0.2) is 41.3 Å². The third kappa shape index (κ3) is 3.59. The molecule has 9 heteroatoms. The van der Waals surface area contributed by atoms with Crippen molar-refractivity contribution in [1.82, 2.24) is 0 Å². The number of benzene rings is 2. The van der Waals surface area contributed by atoms with Crippen molar-refractivity contribution in [3.8, 4) is 0 Å². The van der Waals surface area contributed by atoms with Crippen LogP contribution in [0.25, 0.3) is 0 Å². The Morgan fingerprint density at radius 1 is 1.17 bits per heavy atom. The maximum atomic E-state index is 13.6. The van der Waals surface area contributed by atoms with E-state index in [4.69, 9.17) is 11.6 Å². The number of anilines is 1. The minimum Gasteiger partial charge on any atom is -0.465 e. The fourth-order valence-corrected chi connectivity index (χ4v) is 3.02. The maximum absolute atomic E-state index is 13.6. The van der Waals surface area contributed by atoms with Crippen molar-refractivity contribution in [2.24, 2.45) is 0 Å². The molecule has 2 aromatic carbocycles.